The van der Waals surface area contributed by atoms with Gasteiger partial charge < -0.3 is 9.72 Å². The molecule has 0 aliphatic carbocycles. The number of nitrogens with zero attached hydrogens (tertiary/aromatic N) is 3. The molecule has 0 saturated carbocycles. The zero-order chi connectivity index (χ0) is 22.6. The molecule has 0 saturated heterocycles. The SMILES string of the molecule is CCCCCCCc1nc(C)c2c(=O)[nH]c(-c3cc(S(=O)(=O)Cl)ccc3OCC)nn12. The van der Waals surface area contributed by atoms with Gasteiger partial charge in [-0.3, -0.25) is 4.79 Å². The van der Waals surface area contributed by atoms with Gasteiger partial charge in [-0.1, -0.05) is 32.6 Å². The van der Waals surface area contributed by atoms with Crippen molar-refractivity contribution in [2.24, 2.45) is 0 Å². The molecule has 0 amide bonds. The number of benzene rings is 1. The average molecular weight is 467 g/mol. The Hall–Kier alpha value is -2.39. The lowest BCUT2D eigenvalue weighted by atomic mass is 10.1. The number of unbranched alkanes of at least 4 members (excludes halogenated alkanes) is 4. The third kappa shape index (κ3) is 5.27. The highest BCUT2D eigenvalue weighted by Crippen LogP contribution is 2.31. The predicted octanol–water partition coefficient (Wildman–Crippen LogP) is 4.23. The number of imidazole rings is 1. The van der Waals surface area contributed by atoms with Crippen LogP contribution in [-0.4, -0.2) is 34.6 Å². The summed E-state index contributed by atoms with van der Waals surface area (Å²) in [5.41, 5.74) is 0.967. The van der Waals surface area contributed by atoms with Gasteiger partial charge in [0.05, 0.1) is 22.8 Å². The van der Waals surface area contributed by atoms with Crippen molar-refractivity contribution >= 4 is 25.2 Å². The highest BCUT2D eigenvalue weighted by molar-refractivity contribution is 8.13. The molecule has 1 N–H and O–H groups in total. The maximum atomic E-state index is 12.8. The fourth-order valence-corrected chi connectivity index (χ4v) is 4.31. The van der Waals surface area contributed by atoms with Crippen LogP contribution < -0.4 is 10.3 Å². The van der Waals surface area contributed by atoms with Crippen molar-refractivity contribution in [3.05, 3.63) is 40.1 Å². The van der Waals surface area contributed by atoms with Crippen molar-refractivity contribution < 1.29 is 13.2 Å². The van der Waals surface area contributed by atoms with Gasteiger partial charge in [0, 0.05) is 17.1 Å². The summed E-state index contributed by atoms with van der Waals surface area (Å²) in [5, 5.41) is 4.59. The topological polar surface area (TPSA) is 106 Å². The number of halogens is 1. The first-order valence-electron chi connectivity index (χ1n) is 10.5. The number of aromatic amines is 1. The minimum absolute atomic E-state index is 0.103. The van der Waals surface area contributed by atoms with E-state index in [-0.39, 0.29) is 16.3 Å². The highest BCUT2D eigenvalue weighted by Gasteiger charge is 2.19. The molecule has 3 aromatic rings. The van der Waals surface area contributed by atoms with Crippen LogP contribution in [0.1, 0.15) is 57.5 Å². The summed E-state index contributed by atoms with van der Waals surface area (Å²) in [5.74, 6) is 1.29. The maximum Gasteiger partial charge on any atom is 0.277 e. The van der Waals surface area contributed by atoms with Crippen molar-refractivity contribution in [3.8, 4) is 17.1 Å². The Morgan fingerprint density at radius 3 is 2.58 bits per heavy atom. The number of H-pyrrole nitrogens is 1. The van der Waals surface area contributed by atoms with Gasteiger partial charge in [0.2, 0.25) is 0 Å². The average Bonchev–Trinajstić information content (AvgIpc) is 3.03. The molecule has 0 unspecified atom stereocenters. The van der Waals surface area contributed by atoms with Crippen LogP contribution in [0.2, 0.25) is 0 Å². The number of ether oxygens (including phenoxy) is 1. The summed E-state index contributed by atoms with van der Waals surface area (Å²) in [6.45, 7) is 6.12. The lowest BCUT2D eigenvalue weighted by Crippen LogP contribution is -2.16. The maximum absolute atomic E-state index is 12.8. The summed E-state index contributed by atoms with van der Waals surface area (Å²) in [6, 6.07) is 4.22. The first kappa shape index (κ1) is 23.3. The molecule has 10 heteroatoms. The quantitative estimate of drug-likeness (QED) is 0.354. The van der Waals surface area contributed by atoms with Crippen LogP contribution in [0.5, 0.6) is 5.75 Å². The van der Waals surface area contributed by atoms with Crippen molar-refractivity contribution in [3.63, 3.8) is 0 Å². The summed E-state index contributed by atoms with van der Waals surface area (Å²) >= 11 is 0. The zero-order valence-corrected chi connectivity index (χ0v) is 19.5. The van der Waals surface area contributed by atoms with E-state index in [2.05, 4.69) is 22.0 Å². The number of hydrogen-bond donors (Lipinski definition) is 1. The van der Waals surface area contributed by atoms with Gasteiger partial charge in [-0.25, -0.2) is 17.9 Å². The summed E-state index contributed by atoms with van der Waals surface area (Å²) in [4.78, 5) is 20.0. The van der Waals surface area contributed by atoms with E-state index in [1.807, 2.05) is 6.92 Å². The standard InChI is InChI=1S/C21H27ClN4O4S/c1-4-6-7-8-9-10-18-23-14(3)19-21(27)24-20(25-26(18)19)16-13-15(31(22,28)29)11-12-17(16)30-5-2/h11-13H,4-10H2,1-3H3,(H,24,25,27). The molecule has 0 aliphatic heterocycles. The van der Waals surface area contributed by atoms with E-state index in [9.17, 15) is 13.2 Å². The number of fused-ring (bicyclic) bond motifs is 1. The Balaban J connectivity index is 2.09. The molecule has 8 nitrogen and oxygen atoms in total. The van der Waals surface area contributed by atoms with Crippen LogP contribution in [0.15, 0.2) is 27.9 Å². The molecular formula is C21H27ClN4O4S. The Kier molecular flexibility index (Phi) is 7.38. The normalized spacial score (nSPS) is 11.9. The van der Waals surface area contributed by atoms with Crippen molar-refractivity contribution in [1.82, 2.24) is 19.6 Å². The predicted molar refractivity (Wildman–Crippen MR) is 120 cm³/mol. The monoisotopic (exact) mass is 466 g/mol. The Labute approximate surface area is 186 Å². The zero-order valence-electron chi connectivity index (χ0n) is 17.9. The van der Waals surface area contributed by atoms with Crippen molar-refractivity contribution in [2.75, 3.05) is 6.61 Å². The number of rotatable bonds is 10. The minimum Gasteiger partial charge on any atom is -0.493 e. The number of hydrogen-bond acceptors (Lipinski definition) is 6. The summed E-state index contributed by atoms with van der Waals surface area (Å²) in [7, 11) is 1.56. The second kappa shape index (κ2) is 9.82. The Morgan fingerprint density at radius 1 is 1.16 bits per heavy atom. The van der Waals surface area contributed by atoms with Gasteiger partial charge in [-0.05, 0) is 38.5 Å². The first-order valence-corrected chi connectivity index (χ1v) is 12.8. The number of aryl methyl sites for hydroxylation is 2. The van der Waals surface area contributed by atoms with Gasteiger partial charge in [0.15, 0.2) is 11.3 Å². The molecule has 1 aromatic carbocycles. The van der Waals surface area contributed by atoms with Crippen LogP contribution in [0.25, 0.3) is 16.9 Å². The Bertz CT molecular complexity index is 1230. The Morgan fingerprint density at radius 2 is 1.90 bits per heavy atom. The molecule has 0 fully saturated rings. The second-order valence-corrected chi connectivity index (χ2v) is 9.94. The van der Waals surface area contributed by atoms with Crippen LogP contribution in [0, 0.1) is 6.92 Å². The van der Waals surface area contributed by atoms with Gasteiger partial charge in [-0.15, -0.1) is 5.10 Å². The summed E-state index contributed by atoms with van der Waals surface area (Å²) < 4.78 is 30.8. The molecule has 168 valence electrons. The fraction of sp³-hybridized carbons (Fsp3) is 0.476. The molecule has 31 heavy (non-hydrogen) atoms. The molecule has 3 rings (SSSR count). The molecule has 2 heterocycles. The lowest BCUT2D eigenvalue weighted by Gasteiger charge is -2.11. The second-order valence-electron chi connectivity index (χ2n) is 7.37. The molecule has 0 radical (unpaired) electrons. The molecule has 0 atom stereocenters. The van der Waals surface area contributed by atoms with E-state index in [1.165, 1.54) is 31.0 Å². The lowest BCUT2D eigenvalue weighted by molar-refractivity contribution is 0.341. The smallest absolute Gasteiger partial charge is 0.277 e. The molecule has 0 aliphatic rings. The third-order valence-electron chi connectivity index (χ3n) is 5.03. The van der Waals surface area contributed by atoms with E-state index in [4.69, 9.17) is 15.4 Å². The van der Waals surface area contributed by atoms with Crippen molar-refractivity contribution in [2.45, 2.75) is 64.2 Å². The van der Waals surface area contributed by atoms with E-state index in [0.29, 0.717) is 41.4 Å². The van der Waals surface area contributed by atoms with E-state index in [0.717, 1.165) is 19.3 Å². The molecule has 0 spiro atoms. The number of nitrogens with one attached hydrogen (secondary N) is 1. The first-order chi connectivity index (χ1) is 14.8. The van der Waals surface area contributed by atoms with Gasteiger partial charge in [0.25, 0.3) is 14.6 Å². The fourth-order valence-electron chi connectivity index (χ4n) is 3.53. The van der Waals surface area contributed by atoms with Gasteiger partial charge in [-0.2, -0.15) is 0 Å². The molecule has 0 bridgehead atoms. The van der Waals surface area contributed by atoms with Crippen LogP contribution >= 0.6 is 10.7 Å². The summed E-state index contributed by atoms with van der Waals surface area (Å²) in [6.07, 6.45) is 6.27. The van der Waals surface area contributed by atoms with E-state index >= 15 is 0 Å². The van der Waals surface area contributed by atoms with E-state index < -0.39 is 9.05 Å². The van der Waals surface area contributed by atoms with Crippen LogP contribution in [0.4, 0.5) is 0 Å². The van der Waals surface area contributed by atoms with Crippen LogP contribution in [0.3, 0.4) is 0 Å². The minimum atomic E-state index is -3.96. The third-order valence-corrected chi connectivity index (χ3v) is 6.39. The highest BCUT2D eigenvalue weighted by atomic mass is 35.7. The number of aromatic nitrogens is 4. The van der Waals surface area contributed by atoms with E-state index in [1.54, 1.807) is 11.4 Å². The van der Waals surface area contributed by atoms with Gasteiger partial charge >= 0.3 is 0 Å². The van der Waals surface area contributed by atoms with Crippen molar-refractivity contribution in [1.29, 1.82) is 0 Å². The van der Waals surface area contributed by atoms with Gasteiger partial charge in [0.1, 0.15) is 11.6 Å². The largest absolute Gasteiger partial charge is 0.493 e. The molecular weight excluding hydrogens is 440 g/mol. The molecule has 2 aromatic heterocycles. The van der Waals surface area contributed by atoms with Crippen LogP contribution in [-0.2, 0) is 15.5 Å².